The summed E-state index contributed by atoms with van der Waals surface area (Å²) < 4.78 is 40.6. The Morgan fingerprint density at radius 3 is 2.76 bits per heavy atom. The SMILES string of the molecule is FC(F)(F)CCc1nc(-c2cccnc2)no1. The molecule has 0 radical (unpaired) electrons. The Balaban J connectivity index is 2.07. The summed E-state index contributed by atoms with van der Waals surface area (Å²) in [5.74, 6) is 0.219. The van der Waals surface area contributed by atoms with Crippen molar-refractivity contribution in [1.82, 2.24) is 15.1 Å². The molecule has 0 fully saturated rings. The van der Waals surface area contributed by atoms with E-state index in [1.54, 1.807) is 18.3 Å². The molecule has 4 nitrogen and oxygen atoms in total. The van der Waals surface area contributed by atoms with Gasteiger partial charge in [0.15, 0.2) is 0 Å². The molecule has 0 atom stereocenters. The highest BCUT2D eigenvalue weighted by Gasteiger charge is 2.27. The molecule has 0 spiro atoms. The largest absolute Gasteiger partial charge is 0.389 e. The zero-order valence-electron chi connectivity index (χ0n) is 8.61. The van der Waals surface area contributed by atoms with Crippen molar-refractivity contribution in [3.05, 3.63) is 30.4 Å². The molecule has 0 unspecified atom stereocenters. The van der Waals surface area contributed by atoms with Gasteiger partial charge >= 0.3 is 6.18 Å². The summed E-state index contributed by atoms with van der Waals surface area (Å²) in [6, 6.07) is 3.38. The third-order valence-corrected chi connectivity index (χ3v) is 2.01. The second-order valence-electron chi connectivity index (χ2n) is 3.37. The van der Waals surface area contributed by atoms with Crippen LogP contribution in [0.25, 0.3) is 11.4 Å². The van der Waals surface area contributed by atoms with Crippen LogP contribution in [0.3, 0.4) is 0 Å². The lowest BCUT2D eigenvalue weighted by molar-refractivity contribution is -0.134. The lowest BCUT2D eigenvalue weighted by Gasteiger charge is -2.01. The van der Waals surface area contributed by atoms with Gasteiger partial charge in [0, 0.05) is 24.4 Å². The van der Waals surface area contributed by atoms with Crippen LogP contribution >= 0.6 is 0 Å². The summed E-state index contributed by atoms with van der Waals surface area (Å²) in [5, 5.41) is 3.59. The first-order valence-corrected chi connectivity index (χ1v) is 4.84. The quantitative estimate of drug-likeness (QED) is 0.831. The number of nitrogens with zero attached hydrogens (tertiary/aromatic N) is 3. The number of aryl methyl sites for hydroxylation is 1. The molecule has 2 aromatic rings. The number of rotatable bonds is 3. The Kier molecular flexibility index (Phi) is 3.08. The molecule has 2 heterocycles. The Hall–Kier alpha value is -1.92. The van der Waals surface area contributed by atoms with Crippen molar-refractivity contribution < 1.29 is 17.7 Å². The number of hydrogen-bond donors (Lipinski definition) is 0. The molecular formula is C10H8F3N3O. The Morgan fingerprint density at radius 2 is 2.12 bits per heavy atom. The van der Waals surface area contributed by atoms with Crippen LogP contribution in [0.2, 0.25) is 0 Å². The average molecular weight is 243 g/mol. The van der Waals surface area contributed by atoms with Crippen LogP contribution in [0.15, 0.2) is 29.0 Å². The van der Waals surface area contributed by atoms with Crippen LogP contribution in [-0.2, 0) is 6.42 Å². The van der Waals surface area contributed by atoms with E-state index >= 15 is 0 Å². The molecule has 0 saturated carbocycles. The maximum Gasteiger partial charge on any atom is 0.389 e. The maximum atomic E-state index is 12.0. The van der Waals surface area contributed by atoms with Gasteiger partial charge in [0.25, 0.3) is 0 Å². The third-order valence-electron chi connectivity index (χ3n) is 2.01. The van der Waals surface area contributed by atoms with Crippen molar-refractivity contribution in [2.24, 2.45) is 0 Å². The maximum absolute atomic E-state index is 12.0. The fourth-order valence-electron chi connectivity index (χ4n) is 1.22. The Bertz CT molecular complexity index is 481. The lowest BCUT2D eigenvalue weighted by atomic mass is 10.3. The van der Waals surface area contributed by atoms with Crippen molar-refractivity contribution in [3.8, 4) is 11.4 Å². The molecule has 2 rings (SSSR count). The molecule has 17 heavy (non-hydrogen) atoms. The molecule has 0 aliphatic rings. The second kappa shape index (κ2) is 4.52. The minimum atomic E-state index is -4.22. The van der Waals surface area contributed by atoms with Crippen molar-refractivity contribution in [2.45, 2.75) is 19.0 Å². The van der Waals surface area contributed by atoms with Crippen molar-refractivity contribution >= 4 is 0 Å². The van der Waals surface area contributed by atoms with E-state index in [9.17, 15) is 13.2 Å². The summed E-state index contributed by atoms with van der Waals surface area (Å²) in [6.07, 6.45) is -2.41. The van der Waals surface area contributed by atoms with Crippen molar-refractivity contribution in [2.75, 3.05) is 0 Å². The molecule has 0 saturated heterocycles. The van der Waals surface area contributed by atoms with Gasteiger partial charge in [-0.05, 0) is 12.1 Å². The summed E-state index contributed by atoms with van der Waals surface area (Å²) in [6.45, 7) is 0. The van der Waals surface area contributed by atoms with E-state index < -0.39 is 12.6 Å². The molecule has 0 aliphatic heterocycles. The highest BCUT2D eigenvalue weighted by molar-refractivity contribution is 5.51. The van der Waals surface area contributed by atoms with Gasteiger partial charge in [-0.3, -0.25) is 4.98 Å². The van der Waals surface area contributed by atoms with Gasteiger partial charge in [-0.25, -0.2) is 0 Å². The molecule has 90 valence electrons. The lowest BCUT2D eigenvalue weighted by Crippen LogP contribution is -2.08. The zero-order valence-corrected chi connectivity index (χ0v) is 8.61. The highest BCUT2D eigenvalue weighted by atomic mass is 19.4. The predicted molar refractivity (Wildman–Crippen MR) is 51.9 cm³/mol. The van der Waals surface area contributed by atoms with Gasteiger partial charge in [0.05, 0.1) is 6.42 Å². The first-order valence-electron chi connectivity index (χ1n) is 4.84. The topological polar surface area (TPSA) is 51.8 Å². The first-order chi connectivity index (χ1) is 8.04. The monoisotopic (exact) mass is 243 g/mol. The summed E-state index contributed by atoms with van der Waals surface area (Å²) in [7, 11) is 0. The fourth-order valence-corrected chi connectivity index (χ4v) is 1.22. The van der Waals surface area contributed by atoms with Gasteiger partial charge in [-0.15, -0.1) is 0 Å². The predicted octanol–water partition coefficient (Wildman–Crippen LogP) is 2.63. The number of halogens is 3. The van der Waals surface area contributed by atoms with Gasteiger partial charge < -0.3 is 4.52 Å². The standard InChI is InChI=1S/C10H8F3N3O/c11-10(12,13)4-3-8-15-9(16-17-8)7-2-1-5-14-6-7/h1-2,5-6H,3-4H2. The zero-order chi connectivity index (χ0) is 12.3. The van der Waals surface area contributed by atoms with E-state index in [1.807, 2.05) is 0 Å². The summed E-state index contributed by atoms with van der Waals surface area (Å²) in [5.41, 5.74) is 0.606. The third kappa shape index (κ3) is 3.27. The summed E-state index contributed by atoms with van der Waals surface area (Å²) in [4.78, 5) is 7.72. The minimum absolute atomic E-state index is 0.0267. The van der Waals surface area contributed by atoms with Crippen LogP contribution in [0.5, 0.6) is 0 Å². The van der Waals surface area contributed by atoms with Gasteiger partial charge in [0.1, 0.15) is 0 Å². The second-order valence-corrected chi connectivity index (χ2v) is 3.37. The first kappa shape index (κ1) is 11.6. The summed E-state index contributed by atoms with van der Waals surface area (Å²) >= 11 is 0. The average Bonchev–Trinajstić information content (AvgIpc) is 2.75. The number of alkyl halides is 3. The van der Waals surface area contributed by atoms with E-state index in [2.05, 4.69) is 15.1 Å². The molecule has 2 aromatic heterocycles. The smallest absolute Gasteiger partial charge is 0.339 e. The molecule has 0 N–H and O–H groups in total. The van der Waals surface area contributed by atoms with E-state index in [0.29, 0.717) is 5.56 Å². The number of hydrogen-bond acceptors (Lipinski definition) is 4. The van der Waals surface area contributed by atoms with E-state index in [-0.39, 0.29) is 18.1 Å². The molecule has 0 aromatic carbocycles. The van der Waals surface area contributed by atoms with Crippen LogP contribution in [-0.4, -0.2) is 21.3 Å². The van der Waals surface area contributed by atoms with Crippen LogP contribution in [0, 0.1) is 0 Å². The Morgan fingerprint density at radius 1 is 1.29 bits per heavy atom. The van der Waals surface area contributed by atoms with Crippen LogP contribution < -0.4 is 0 Å². The van der Waals surface area contributed by atoms with Gasteiger partial charge in [-0.2, -0.15) is 18.2 Å². The van der Waals surface area contributed by atoms with Crippen LogP contribution in [0.4, 0.5) is 13.2 Å². The fraction of sp³-hybridized carbons (Fsp3) is 0.300. The van der Waals surface area contributed by atoms with Crippen molar-refractivity contribution in [3.63, 3.8) is 0 Å². The normalized spacial score (nSPS) is 11.7. The van der Waals surface area contributed by atoms with Crippen molar-refractivity contribution in [1.29, 1.82) is 0 Å². The number of pyridine rings is 1. The van der Waals surface area contributed by atoms with E-state index in [1.165, 1.54) is 6.20 Å². The minimum Gasteiger partial charge on any atom is -0.339 e. The highest BCUT2D eigenvalue weighted by Crippen LogP contribution is 2.22. The van der Waals surface area contributed by atoms with Gasteiger partial charge in [-0.1, -0.05) is 5.16 Å². The van der Waals surface area contributed by atoms with E-state index in [4.69, 9.17) is 4.52 Å². The molecule has 7 heteroatoms. The molecular weight excluding hydrogens is 235 g/mol. The molecule has 0 bridgehead atoms. The van der Waals surface area contributed by atoms with Crippen LogP contribution in [0.1, 0.15) is 12.3 Å². The van der Waals surface area contributed by atoms with Gasteiger partial charge in [0.2, 0.25) is 11.7 Å². The molecule has 0 aliphatic carbocycles. The Labute approximate surface area is 94.5 Å². The van der Waals surface area contributed by atoms with E-state index in [0.717, 1.165) is 0 Å². The number of aromatic nitrogens is 3. The molecule has 0 amide bonds.